The predicted molar refractivity (Wildman–Crippen MR) is 194 cm³/mol. The first kappa shape index (κ1) is 26.9. The van der Waals surface area contributed by atoms with Crippen molar-refractivity contribution in [1.82, 2.24) is 0 Å². The summed E-state index contributed by atoms with van der Waals surface area (Å²) < 4.78 is 2.58. The summed E-state index contributed by atoms with van der Waals surface area (Å²) >= 11 is 1.86. The average Bonchev–Trinajstić information content (AvgIpc) is 3.50. The average molecular weight is 595 g/mol. The summed E-state index contributed by atoms with van der Waals surface area (Å²) in [4.78, 5) is 4.74. The minimum Gasteiger partial charge on any atom is -0.310 e. The van der Waals surface area contributed by atoms with Crippen LogP contribution in [0.15, 0.2) is 182 Å². The topological polar surface area (TPSA) is 6.48 Å². The molecule has 0 spiro atoms. The molecule has 0 unspecified atom stereocenters. The van der Waals surface area contributed by atoms with E-state index in [9.17, 15) is 0 Å². The van der Waals surface area contributed by atoms with Gasteiger partial charge >= 0.3 is 0 Å². The molecule has 1 aromatic heterocycles. The molecule has 0 atom stereocenters. The molecule has 0 fully saturated rings. The molecule has 45 heavy (non-hydrogen) atoms. The molecule has 0 saturated carbocycles. The second kappa shape index (κ2) is 11.8. The minimum absolute atomic E-state index is 1.11. The van der Waals surface area contributed by atoms with Crippen molar-refractivity contribution in [1.29, 1.82) is 0 Å². The Labute approximate surface area is 267 Å². The maximum Gasteiger partial charge on any atom is 0.0640 e. The van der Waals surface area contributed by atoms with Gasteiger partial charge in [-0.05, 0) is 72.3 Å². The highest BCUT2D eigenvalue weighted by Crippen LogP contribution is 2.47. The van der Waals surface area contributed by atoms with Crippen LogP contribution >= 0.6 is 11.3 Å². The number of hydrogen-bond donors (Lipinski definition) is 0. The molecular weight excluding hydrogens is 565 g/mol. The maximum atomic E-state index is 2.42. The van der Waals surface area contributed by atoms with Crippen molar-refractivity contribution in [2.45, 2.75) is 0 Å². The summed E-state index contributed by atoms with van der Waals surface area (Å²) in [6.07, 6.45) is 0. The molecule has 0 bridgehead atoms. The molecule has 3 heteroatoms. The Morgan fingerprint density at radius 1 is 0.356 bits per heavy atom. The molecule has 7 aromatic carbocycles. The fraction of sp³-hybridized carbons (Fsp3) is 0. The van der Waals surface area contributed by atoms with E-state index in [1.54, 1.807) is 0 Å². The Kier molecular flexibility index (Phi) is 7.07. The van der Waals surface area contributed by atoms with Gasteiger partial charge in [-0.3, -0.25) is 0 Å². The van der Waals surface area contributed by atoms with Crippen LogP contribution in [0.5, 0.6) is 0 Å². The van der Waals surface area contributed by atoms with E-state index in [0.29, 0.717) is 0 Å². The lowest BCUT2D eigenvalue weighted by molar-refractivity contribution is 1.28. The van der Waals surface area contributed by atoms with Gasteiger partial charge in [-0.2, -0.15) is 0 Å². The molecule has 2 nitrogen and oxygen atoms in total. The number of thiophene rings is 1. The SMILES string of the molecule is c1ccc(N(c2ccccc2)c2cccc(-c3ccccc3N(c3ccccc3)c3cccc4c3sc3ccccc34)c2)cc1. The number of benzene rings is 7. The lowest BCUT2D eigenvalue weighted by Gasteiger charge is -2.29. The van der Waals surface area contributed by atoms with E-state index >= 15 is 0 Å². The van der Waals surface area contributed by atoms with Crippen LogP contribution in [-0.2, 0) is 0 Å². The van der Waals surface area contributed by atoms with Crippen LogP contribution in [0.3, 0.4) is 0 Å². The molecule has 8 rings (SSSR count). The monoisotopic (exact) mass is 594 g/mol. The van der Waals surface area contributed by atoms with Crippen LogP contribution in [-0.4, -0.2) is 0 Å². The van der Waals surface area contributed by atoms with Crippen molar-refractivity contribution in [2.75, 3.05) is 9.80 Å². The third kappa shape index (κ3) is 5.04. The summed E-state index contributed by atoms with van der Waals surface area (Å²) in [5, 5.41) is 2.59. The quantitative estimate of drug-likeness (QED) is 0.181. The Hall–Kier alpha value is -5.64. The van der Waals surface area contributed by atoms with E-state index in [0.717, 1.165) is 34.0 Å². The Morgan fingerprint density at radius 2 is 0.867 bits per heavy atom. The van der Waals surface area contributed by atoms with Crippen molar-refractivity contribution in [2.24, 2.45) is 0 Å². The zero-order valence-electron chi connectivity index (χ0n) is 24.6. The van der Waals surface area contributed by atoms with E-state index in [-0.39, 0.29) is 0 Å². The molecule has 8 aromatic rings. The van der Waals surface area contributed by atoms with Crippen LogP contribution < -0.4 is 9.80 Å². The van der Waals surface area contributed by atoms with E-state index < -0.39 is 0 Å². The van der Waals surface area contributed by atoms with E-state index in [1.165, 1.54) is 31.4 Å². The molecule has 0 saturated heterocycles. The number of anilines is 6. The van der Waals surface area contributed by atoms with E-state index in [4.69, 9.17) is 0 Å². The summed E-state index contributed by atoms with van der Waals surface area (Å²) in [5.41, 5.74) is 9.12. The van der Waals surface area contributed by atoms with Gasteiger partial charge in [0, 0.05) is 43.8 Å². The highest BCUT2D eigenvalue weighted by atomic mass is 32.1. The predicted octanol–water partition coefficient (Wildman–Crippen LogP) is 12.7. The van der Waals surface area contributed by atoms with Crippen molar-refractivity contribution in [3.05, 3.63) is 182 Å². The fourth-order valence-electron chi connectivity index (χ4n) is 6.22. The standard InChI is InChI=1S/C42H30N2S/c1-4-17-32(18-5-1)43(33-19-6-2-7-20-33)35-23-14-16-31(30-35)36-24-10-12-27-39(36)44(34-21-8-3-9-22-34)40-28-15-26-38-37-25-11-13-29-41(37)45-42(38)40/h1-30H. The highest BCUT2D eigenvalue weighted by Gasteiger charge is 2.21. The van der Waals surface area contributed by atoms with E-state index in [2.05, 4.69) is 192 Å². The largest absolute Gasteiger partial charge is 0.310 e. The van der Waals surface area contributed by atoms with Gasteiger partial charge in [0.15, 0.2) is 0 Å². The Bertz CT molecular complexity index is 2180. The molecule has 0 radical (unpaired) electrons. The van der Waals surface area contributed by atoms with Gasteiger partial charge in [-0.25, -0.2) is 0 Å². The Balaban J connectivity index is 1.32. The van der Waals surface area contributed by atoms with Crippen LogP contribution in [0.2, 0.25) is 0 Å². The first-order chi connectivity index (χ1) is 22.3. The zero-order chi connectivity index (χ0) is 30.0. The van der Waals surface area contributed by atoms with Gasteiger partial charge in [0.05, 0.1) is 16.1 Å². The second-order valence-corrected chi connectivity index (χ2v) is 12.0. The molecule has 214 valence electrons. The number of para-hydroxylation sites is 4. The smallest absolute Gasteiger partial charge is 0.0640 e. The second-order valence-electron chi connectivity index (χ2n) is 11.0. The van der Waals surface area contributed by atoms with Crippen LogP contribution in [0.25, 0.3) is 31.3 Å². The van der Waals surface area contributed by atoms with Crippen LogP contribution in [0.1, 0.15) is 0 Å². The molecule has 0 aliphatic carbocycles. The summed E-state index contributed by atoms with van der Waals surface area (Å²) in [6.45, 7) is 0. The van der Waals surface area contributed by atoms with Gasteiger partial charge in [-0.15, -0.1) is 11.3 Å². The molecule has 0 amide bonds. The maximum absolute atomic E-state index is 2.42. The molecule has 0 aliphatic heterocycles. The van der Waals surface area contributed by atoms with Gasteiger partial charge in [-0.1, -0.05) is 115 Å². The van der Waals surface area contributed by atoms with Crippen molar-refractivity contribution in [3.8, 4) is 11.1 Å². The molecule has 1 heterocycles. The number of rotatable bonds is 7. The lowest BCUT2D eigenvalue weighted by atomic mass is 10.0. The summed E-state index contributed by atoms with van der Waals surface area (Å²) in [5.74, 6) is 0. The first-order valence-corrected chi connectivity index (χ1v) is 16.0. The van der Waals surface area contributed by atoms with Crippen molar-refractivity contribution < 1.29 is 0 Å². The molecule has 0 N–H and O–H groups in total. The van der Waals surface area contributed by atoms with Crippen LogP contribution in [0.4, 0.5) is 34.1 Å². The normalized spacial score (nSPS) is 11.1. The summed E-state index contributed by atoms with van der Waals surface area (Å²) in [7, 11) is 0. The number of fused-ring (bicyclic) bond motifs is 3. The van der Waals surface area contributed by atoms with Crippen molar-refractivity contribution >= 4 is 65.6 Å². The van der Waals surface area contributed by atoms with Crippen molar-refractivity contribution in [3.63, 3.8) is 0 Å². The molecule has 0 aliphatic rings. The number of nitrogens with zero attached hydrogens (tertiary/aromatic N) is 2. The third-order valence-corrected chi connectivity index (χ3v) is 9.44. The Morgan fingerprint density at radius 3 is 1.58 bits per heavy atom. The van der Waals surface area contributed by atoms with Gasteiger partial charge in [0.1, 0.15) is 0 Å². The van der Waals surface area contributed by atoms with Gasteiger partial charge < -0.3 is 9.80 Å². The summed E-state index contributed by atoms with van der Waals surface area (Å²) in [6, 6.07) is 64.9. The third-order valence-electron chi connectivity index (χ3n) is 8.23. The van der Waals surface area contributed by atoms with Gasteiger partial charge in [0.2, 0.25) is 0 Å². The molecular formula is C42H30N2S. The minimum atomic E-state index is 1.11. The first-order valence-electron chi connectivity index (χ1n) is 15.2. The lowest BCUT2D eigenvalue weighted by Crippen LogP contribution is -2.12. The number of hydrogen-bond acceptors (Lipinski definition) is 3. The van der Waals surface area contributed by atoms with Gasteiger partial charge in [0.25, 0.3) is 0 Å². The fourth-order valence-corrected chi connectivity index (χ4v) is 7.43. The highest BCUT2D eigenvalue weighted by molar-refractivity contribution is 7.26. The van der Waals surface area contributed by atoms with Crippen LogP contribution in [0, 0.1) is 0 Å². The van der Waals surface area contributed by atoms with E-state index in [1.807, 2.05) is 11.3 Å². The zero-order valence-corrected chi connectivity index (χ0v) is 25.4.